The normalized spacial score (nSPS) is 10.2. The van der Waals surface area contributed by atoms with E-state index in [9.17, 15) is 0 Å². The van der Waals surface area contributed by atoms with Crippen LogP contribution < -0.4 is 10.6 Å². The van der Waals surface area contributed by atoms with Gasteiger partial charge in [-0.1, -0.05) is 18.2 Å². The van der Waals surface area contributed by atoms with E-state index in [2.05, 4.69) is 16.8 Å². The number of para-hydroxylation sites is 1. The minimum atomic E-state index is 0.0388. The number of pyridine rings is 1. The molecule has 3 N–H and O–H groups in total. The monoisotopic (exact) mass is 254 g/mol. The van der Waals surface area contributed by atoms with Crippen molar-refractivity contribution < 1.29 is 0 Å². The van der Waals surface area contributed by atoms with Crippen molar-refractivity contribution in [2.24, 2.45) is 5.73 Å². The van der Waals surface area contributed by atoms with E-state index in [-0.39, 0.29) is 5.84 Å². The second kappa shape index (κ2) is 5.52. The highest BCUT2D eigenvalue weighted by molar-refractivity contribution is 6.00. The van der Waals surface area contributed by atoms with Crippen LogP contribution in [-0.4, -0.2) is 17.4 Å². The Kier molecular flexibility index (Phi) is 3.80. The lowest BCUT2D eigenvalue weighted by Gasteiger charge is -2.24. The number of benzene rings is 1. The zero-order chi connectivity index (χ0) is 13.8. The van der Waals surface area contributed by atoms with Crippen molar-refractivity contribution >= 4 is 17.3 Å². The average Bonchev–Trinajstić information content (AvgIpc) is 2.40. The van der Waals surface area contributed by atoms with Crippen LogP contribution in [0.5, 0.6) is 0 Å². The van der Waals surface area contributed by atoms with Gasteiger partial charge in [0.15, 0.2) is 0 Å². The number of aryl methyl sites for hydroxylation is 1. The smallest absolute Gasteiger partial charge is 0.144 e. The first-order chi connectivity index (χ1) is 9.13. The number of rotatable bonds is 4. The Balaban J connectivity index is 2.55. The van der Waals surface area contributed by atoms with Crippen molar-refractivity contribution in [3.63, 3.8) is 0 Å². The molecular weight excluding hydrogens is 236 g/mol. The molecule has 0 amide bonds. The summed E-state index contributed by atoms with van der Waals surface area (Å²) in [6.07, 6.45) is 0. The summed E-state index contributed by atoms with van der Waals surface area (Å²) in [6, 6.07) is 13.7. The molecule has 98 valence electrons. The fourth-order valence-electron chi connectivity index (χ4n) is 2.02. The highest BCUT2D eigenvalue weighted by atomic mass is 15.2. The number of anilines is 2. The molecule has 1 aromatic carbocycles. The summed E-state index contributed by atoms with van der Waals surface area (Å²) in [4.78, 5) is 6.61. The Bertz CT molecular complexity index is 578. The van der Waals surface area contributed by atoms with Gasteiger partial charge in [0.05, 0.1) is 5.56 Å². The first-order valence-electron chi connectivity index (χ1n) is 6.28. The fourth-order valence-corrected chi connectivity index (χ4v) is 2.02. The summed E-state index contributed by atoms with van der Waals surface area (Å²) in [5.74, 6) is 0.776. The van der Waals surface area contributed by atoms with E-state index in [1.807, 2.05) is 49.4 Å². The van der Waals surface area contributed by atoms with Crippen LogP contribution >= 0.6 is 0 Å². The van der Waals surface area contributed by atoms with Crippen molar-refractivity contribution in [2.75, 3.05) is 11.4 Å². The van der Waals surface area contributed by atoms with Crippen molar-refractivity contribution in [1.29, 1.82) is 5.41 Å². The SMILES string of the molecule is CCN(c1ccccc1)c1nc(C)ccc1C(=N)N. The Morgan fingerprint density at radius 2 is 1.89 bits per heavy atom. The van der Waals surface area contributed by atoms with E-state index >= 15 is 0 Å². The van der Waals surface area contributed by atoms with Crippen molar-refractivity contribution in [3.05, 3.63) is 53.7 Å². The van der Waals surface area contributed by atoms with Gasteiger partial charge in [0.2, 0.25) is 0 Å². The molecular formula is C15H18N4. The molecule has 0 atom stereocenters. The van der Waals surface area contributed by atoms with Gasteiger partial charge in [-0.25, -0.2) is 4.98 Å². The molecule has 0 aliphatic heterocycles. The highest BCUT2D eigenvalue weighted by Crippen LogP contribution is 2.26. The van der Waals surface area contributed by atoms with Gasteiger partial charge in [-0.15, -0.1) is 0 Å². The average molecular weight is 254 g/mol. The van der Waals surface area contributed by atoms with Crippen LogP contribution in [0.15, 0.2) is 42.5 Å². The van der Waals surface area contributed by atoms with Crippen LogP contribution in [0, 0.1) is 12.3 Å². The summed E-state index contributed by atoms with van der Waals surface area (Å²) in [5.41, 5.74) is 8.27. The molecule has 0 unspecified atom stereocenters. The molecule has 0 saturated carbocycles. The van der Waals surface area contributed by atoms with Gasteiger partial charge in [0.25, 0.3) is 0 Å². The molecule has 2 aromatic rings. The predicted octanol–water partition coefficient (Wildman–Crippen LogP) is 2.83. The third-order valence-corrected chi connectivity index (χ3v) is 2.94. The van der Waals surface area contributed by atoms with Gasteiger partial charge >= 0.3 is 0 Å². The maximum absolute atomic E-state index is 7.69. The number of nitrogens with two attached hydrogens (primary N) is 1. The number of aromatic nitrogens is 1. The number of hydrogen-bond donors (Lipinski definition) is 2. The van der Waals surface area contributed by atoms with E-state index in [0.717, 1.165) is 23.7 Å². The molecule has 0 spiro atoms. The number of nitrogens with one attached hydrogen (secondary N) is 1. The third kappa shape index (κ3) is 2.73. The summed E-state index contributed by atoms with van der Waals surface area (Å²) < 4.78 is 0. The molecule has 1 aromatic heterocycles. The van der Waals surface area contributed by atoms with Crippen LogP contribution in [0.3, 0.4) is 0 Å². The topological polar surface area (TPSA) is 66.0 Å². The van der Waals surface area contributed by atoms with Crippen LogP contribution in [0.2, 0.25) is 0 Å². The second-order valence-electron chi connectivity index (χ2n) is 4.32. The first kappa shape index (κ1) is 13.1. The lowest BCUT2D eigenvalue weighted by atomic mass is 10.2. The van der Waals surface area contributed by atoms with E-state index in [1.54, 1.807) is 0 Å². The number of nitrogens with zero attached hydrogens (tertiary/aromatic N) is 2. The van der Waals surface area contributed by atoms with Crippen molar-refractivity contribution in [3.8, 4) is 0 Å². The van der Waals surface area contributed by atoms with Gasteiger partial charge in [0, 0.05) is 17.9 Å². The quantitative estimate of drug-likeness (QED) is 0.651. The first-order valence-corrected chi connectivity index (χ1v) is 6.28. The molecule has 0 radical (unpaired) electrons. The Morgan fingerprint density at radius 3 is 2.47 bits per heavy atom. The third-order valence-electron chi connectivity index (χ3n) is 2.94. The predicted molar refractivity (Wildman–Crippen MR) is 79.1 cm³/mol. The molecule has 4 nitrogen and oxygen atoms in total. The molecule has 0 bridgehead atoms. The molecule has 0 aliphatic carbocycles. The summed E-state index contributed by atoms with van der Waals surface area (Å²) >= 11 is 0. The van der Waals surface area contributed by atoms with Crippen molar-refractivity contribution in [2.45, 2.75) is 13.8 Å². The molecule has 2 rings (SSSR count). The molecule has 0 saturated heterocycles. The van der Waals surface area contributed by atoms with E-state index in [1.165, 1.54) is 0 Å². The lowest BCUT2D eigenvalue weighted by molar-refractivity contribution is 0.975. The summed E-state index contributed by atoms with van der Waals surface area (Å²) in [5, 5.41) is 7.69. The molecule has 0 fully saturated rings. The number of hydrogen-bond acceptors (Lipinski definition) is 3. The minimum Gasteiger partial charge on any atom is -0.384 e. The van der Waals surface area contributed by atoms with Crippen LogP contribution in [-0.2, 0) is 0 Å². The lowest BCUT2D eigenvalue weighted by Crippen LogP contribution is -2.23. The zero-order valence-electron chi connectivity index (χ0n) is 11.2. The largest absolute Gasteiger partial charge is 0.384 e. The number of amidine groups is 1. The van der Waals surface area contributed by atoms with E-state index < -0.39 is 0 Å². The van der Waals surface area contributed by atoms with Gasteiger partial charge in [-0.05, 0) is 38.1 Å². The van der Waals surface area contributed by atoms with Crippen LogP contribution in [0.1, 0.15) is 18.2 Å². The molecule has 19 heavy (non-hydrogen) atoms. The molecule has 4 heteroatoms. The minimum absolute atomic E-state index is 0.0388. The second-order valence-corrected chi connectivity index (χ2v) is 4.32. The fraction of sp³-hybridized carbons (Fsp3) is 0.200. The Hall–Kier alpha value is -2.36. The number of nitrogen functional groups attached to an aromatic ring is 1. The standard InChI is InChI=1S/C15H18N4/c1-3-19(12-7-5-4-6-8-12)15-13(14(16)17)10-9-11(2)18-15/h4-10H,3H2,1-2H3,(H3,16,17). The van der Waals surface area contributed by atoms with Gasteiger partial charge in [0.1, 0.15) is 11.7 Å². The summed E-state index contributed by atoms with van der Waals surface area (Å²) in [7, 11) is 0. The van der Waals surface area contributed by atoms with E-state index in [0.29, 0.717) is 5.56 Å². The van der Waals surface area contributed by atoms with Gasteiger partial charge < -0.3 is 10.6 Å². The molecule has 0 aliphatic rings. The Morgan fingerprint density at radius 1 is 1.21 bits per heavy atom. The van der Waals surface area contributed by atoms with Gasteiger partial charge in [-0.3, -0.25) is 5.41 Å². The maximum atomic E-state index is 7.69. The maximum Gasteiger partial charge on any atom is 0.144 e. The Labute approximate surface area is 113 Å². The zero-order valence-corrected chi connectivity index (χ0v) is 11.2. The highest BCUT2D eigenvalue weighted by Gasteiger charge is 2.15. The van der Waals surface area contributed by atoms with Crippen LogP contribution in [0.4, 0.5) is 11.5 Å². The molecule has 1 heterocycles. The van der Waals surface area contributed by atoms with Crippen LogP contribution in [0.25, 0.3) is 0 Å². The van der Waals surface area contributed by atoms with Gasteiger partial charge in [-0.2, -0.15) is 0 Å². The van der Waals surface area contributed by atoms with Crippen molar-refractivity contribution in [1.82, 2.24) is 4.98 Å². The summed E-state index contributed by atoms with van der Waals surface area (Å²) in [6.45, 7) is 4.76. The van der Waals surface area contributed by atoms with E-state index in [4.69, 9.17) is 11.1 Å².